The van der Waals surface area contributed by atoms with Gasteiger partial charge in [0.25, 0.3) is 0 Å². The van der Waals surface area contributed by atoms with E-state index < -0.39 is 0 Å². The summed E-state index contributed by atoms with van der Waals surface area (Å²) in [6.07, 6.45) is 1.83. The first-order chi connectivity index (χ1) is 5.22. The summed E-state index contributed by atoms with van der Waals surface area (Å²) in [6.45, 7) is 9.81. The van der Waals surface area contributed by atoms with Gasteiger partial charge in [0.2, 0.25) is 0 Å². The third kappa shape index (κ3) is 4.99. The zero-order valence-electron chi connectivity index (χ0n) is 7.51. The SMILES string of the molecule is C=CCNCC(CO)C(C)C. The van der Waals surface area contributed by atoms with E-state index in [0.29, 0.717) is 11.8 Å². The van der Waals surface area contributed by atoms with Crippen molar-refractivity contribution in [3.63, 3.8) is 0 Å². The maximum Gasteiger partial charge on any atom is 0.0473 e. The third-order valence-electron chi connectivity index (χ3n) is 1.87. The lowest BCUT2D eigenvalue weighted by Gasteiger charge is -2.17. The van der Waals surface area contributed by atoms with E-state index in [0.717, 1.165) is 13.1 Å². The van der Waals surface area contributed by atoms with Crippen LogP contribution in [-0.2, 0) is 0 Å². The molecule has 0 heterocycles. The third-order valence-corrected chi connectivity index (χ3v) is 1.87. The van der Waals surface area contributed by atoms with Crippen molar-refractivity contribution in [1.82, 2.24) is 5.32 Å². The normalized spacial score (nSPS) is 13.5. The summed E-state index contributed by atoms with van der Waals surface area (Å²) in [4.78, 5) is 0. The molecule has 0 rings (SSSR count). The fourth-order valence-corrected chi connectivity index (χ4v) is 0.882. The monoisotopic (exact) mass is 157 g/mol. The van der Waals surface area contributed by atoms with Crippen molar-refractivity contribution < 1.29 is 5.11 Å². The van der Waals surface area contributed by atoms with E-state index in [-0.39, 0.29) is 6.61 Å². The molecule has 2 heteroatoms. The van der Waals surface area contributed by atoms with Gasteiger partial charge in [0.15, 0.2) is 0 Å². The minimum atomic E-state index is 0.266. The molecule has 2 nitrogen and oxygen atoms in total. The van der Waals surface area contributed by atoms with E-state index in [1.807, 2.05) is 6.08 Å². The summed E-state index contributed by atoms with van der Waals surface area (Å²) >= 11 is 0. The first-order valence-corrected chi connectivity index (χ1v) is 4.14. The largest absolute Gasteiger partial charge is 0.396 e. The van der Waals surface area contributed by atoms with Crippen LogP contribution < -0.4 is 5.32 Å². The van der Waals surface area contributed by atoms with Crippen LogP contribution in [0.1, 0.15) is 13.8 Å². The fourth-order valence-electron chi connectivity index (χ4n) is 0.882. The molecule has 0 saturated carbocycles. The molecule has 2 N–H and O–H groups in total. The second kappa shape index (κ2) is 6.38. The van der Waals surface area contributed by atoms with Crippen LogP contribution in [0.25, 0.3) is 0 Å². The van der Waals surface area contributed by atoms with Crippen LogP contribution >= 0.6 is 0 Å². The number of hydrogen-bond donors (Lipinski definition) is 2. The number of aliphatic hydroxyl groups excluding tert-OH is 1. The van der Waals surface area contributed by atoms with Crippen LogP contribution in [-0.4, -0.2) is 24.8 Å². The molecule has 0 bridgehead atoms. The van der Waals surface area contributed by atoms with Gasteiger partial charge in [0, 0.05) is 19.7 Å². The van der Waals surface area contributed by atoms with Gasteiger partial charge in [-0.15, -0.1) is 6.58 Å². The van der Waals surface area contributed by atoms with E-state index in [2.05, 4.69) is 25.7 Å². The van der Waals surface area contributed by atoms with Crippen LogP contribution in [0.4, 0.5) is 0 Å². The Morgan fingerprint density at radius 3 is 2.55 bits per heavy atom. The first kappa shape index (κ1) is 10.7. The molecule has 0 aliphatic heterocycles. The molecule has 0 aliphatic rings. The van der Waals surface area contributed by atoms with Crippen molar-refractivity contribution in [1.29, 1.82) is 0 Å². The van der Waals surface area contributed by atoms with Crippen molar-refractivity contribution in [3.8, 4) is 0 Å². The predicted molar refractivity (Wildman–Crippen MR) is 48.5 cm³/mol. The Labute approximate surface area is 69.3 Å². The Balaban J connectivity index is 3.43. The van der Waals surface area contributed by atoms with Gasteiger partial charge in [-0.05, 0) is 11.8 Å². The molecule has 1 atom stereocenters. The average molecular weight is 157 g/mol. The molecular weight excluding hydrogens is 138 g/mol. The number of hydrogen-bond acceptors (Lipinski definition) is 2. The zero-order valence-corrected chi connectivity index (χ0v) is 7.51. The molecule has 0 amide bonds. The lowest BCUT2D eigenvalue weighted by Crippen LogP contribution is -2.28. The Morgan fingerprint density at radius 1 is 1.55 bits per heavy atom. The van der Waals surface area contributed by atoms with Gasteiger partial charge in [-0.1, -0.05) is 19.9 Å². The van der Waals surface area contributed by atoms with Crippen molar-refractivity contribution in [2.24, 2.45) is 11.8 Å². The summed E-state index contributed by atoms with van der Waals surface area (Å²) in [5.74, 6) is 0.910. The first-order valence-electron chi connectivity index (χ1n) is 4.14. The molecular formula is C9H19NO. The van der Waals surface area contributed by atoms with E-state index >= 15 is 0 Å². The summed E-state index contributed by atoms with van der Waals surface area (Å²) in [6, 6.07) is 0. The minimum absolute atomic E-state index is 0.266. The Hall–Kier alpha value is -0.340. The van der Waals surface area contributed by atoms with Crippen LogP contribution in [0.15, 0.2) is 12.7 Å². The minimum Gasteiger partial charge on any atom is -0.396 e. The number of rotatable bonds is 6. The van der Waals surface area contributed by atoms with Crippen molar-refractivity contribution in [2.75, 3.05) is 19.7 Å². The van der Waals surface area contributed by atoms with Gasteiger partial charge in [-0.25, -0.2) is 0 Å². The molecule has 11 heavy (non-hydrogen) atoms. The van der Waals surface area contributed by atoms with Gasteiger partial charge in [-0.2, -0.15) is 0 Å². The maximum atomic E-state index is 8.93. The molecule has 0 aliphatic carbocycles. The second-order valence-electron chi connectivity index (χ2n) is 3.13. The van der Waals surface area contributed by atoms with Gasteiger partial charge in [0.1, 0.15) is 0 Å². The molecule has 0 fully saturated rings. The lowest BCUT2D eigenvalue weighted by atomic mass is 9.97. The van der Waals surface area contributed by atoms with Crippen LogP contribution in [0.3, 0.4) is 0 Å². The smallest absolute Gasteiger partial charge is 0.0473 e. The fraction of sp³-hybridized carbons (Fsp3) is 0.778. The highest BCUT2D eigenvalue weighted by molar-refractivity contribution is 4.72. The van der Waals surface area contributed by atoms with Gasteiger partial charge >= 0.3 is 0 Å². The molecule has 0 aromatic rings. The van der Waals surface area contributed by atoms with E-state index in [4.69, 9.17) is 5.11 Å². The standard InChI is InChI=1S/C9H19NO/c1-4-5-10-6-9(7-11)8(2)3/h4,8-11H,1,5-7H2,2-3H3. The van der Waals surface area contributed by atoms with Gasteiger partial charge in [-0.3, -0.25) is 0 Å². The van der Waals surface area contributed by atoms with E-state index in [1.54, 1.807) is 0 Å². The summed E-state index contributed by atoms with van der Waals surface area (Å²) in [7, 11) is 0. The Kier molecular flexibility index (Phi) is 6.18. The maximum absolute atomic E-state index is 8.93. The lowest BCUT2D eigenvalue weighted by molar-refractivity contribution is 0.187. The topological polar surface area (TPSA) is 32.3 Å². The highest BCUT2D eigenvalue weighted by Gasteiger charge is 2.10. The highest BCUT2D eigenvalue weighted by Crippen LogP contribution is 2.07. The van der Waals surface area contributed by atoms with E-state index in [9.17, 15) is 0 Å². The molecule has 1 unspecified atom stereocenters. The van der Waals surface area contributed by atoms with Crippen LogP contribution in [0, 0.1) is 11.8 Å². The molecule has 0 aromatic heterocycles. The van der Waals surface area contributed by atoms with Crippen LogP contribution in [0.5, 0.6) is 0 Å². The molecule has 0 aromatic carbocycles. The highest BCUT2D eigenvalue weighted by atomic mass is 16.3. The molecule has 0 radical (unpaired) electrons. The number of nitrogens with one attached hydrogen (secondary N) is 1. The van der Waals surface area contributed by atoms with Crippen molar-refractivity contribution >= 4 is 0 Å². The Bertz CT molecular complexity index is 102. The molecule has 0 spiro atoms. The van der Waals surface area contributed by atoms with Crippen LogP contribution in [0.2, 0.25) is 0 Å². The second-order valence-corrected chi connectivity index (χ2v) is 3.13. The summed E-state index contributed by atoms with van der Waals surface area (Å²) in [5, 5.41) is 12.1. The summed E-state index contributed by atoms with van der Waals surface area (Å²) < 4.78 is 0. The molecule has 0 saturated heterocycles. The zero-order chi connectivity index (χ0) is 8.69. The van der Waals surface area contributed by atoms with Gasteiger partial charge < -0.3 is 10.4 Å². The van der Waals surface area contributed by atoms with Crippen molar-refractivity contribution in [3.05, 3.63) is 12.7 Å². The Morgan fingerprint density at radius 2 is 2.18 bits per heavy atom. The molecule has 66 valence electrons. The number of aliphatic hydroxyl groups is 1. The van der Waals surface area contributed by atoms with E-state index in [1.165, 1.54) is 0 Å². The quantitative estimate of drug-likeness (QED) is 0.446. The summed E-state index contributed by atoms with van der Waals surface area (Å²) in [5.41, 5.74) is 0. The average Bonchev–Trinajstić information content (AvgIpc) is 1.97. The van der Waals surface area contributed by atoms with Crippen molar-refractivity contribution in [2.45, 2.75) is 13.8 Å². The predicted octanol–water partition coefficient (Wildman–Crippen LogP) is 1.03. The van der Waals surface area contributed by atoms with Gasteiger partial charge in [0.05, 0.1) is 0 Å².